The Morgan fingerprint density at radius 1 is 1.67 bits per heavy atom. The van der Waals surface area contributed by atoms with Crippen LogP contribution in [0.15, 0.2) is 0 Å². The van der Waals surface area contributed by atoms with Gasteiger partial charge in [0, 0.05) is 0 Å². The molecule has 0 aromatic rings. The van der Waals surface area contributed by atoms with Gasteiger partial charge in [-0.1, -0.05) is 6.92 Å². The summed E-state index contributed by atoms with van der Waals surface area (Å²) in [5.74, 6) is 0. The van der Waals surface area contributed by atoms with E-state index in [-0.39, 0.29) is 5.60 Å². The molecule has 1 aliphatic heterocycles. The number of hydrogen-bond acceptors (Lipinski definition) is 1. The predicted octanol–water partition coefficient (Wildman–Crippen LogP) is 2.35. The monoisotopic (exact) mass is 128 g/mol. The number of hydrogen-bond donors (Lipinski definition) is 0. The zero-order valence-corrected chi connectivity index (χ0v) is 6.61. The zero-order chi connectivity index (χ0) is 6.91. The van der Waals surface area contributed by atoms with Gasteiger partial charge < -0.3 is 4.74 Å². The van der Waals surface area contributed by atoms with Gasteiger partial charge in [0.25, 0.3) is 0 Å². The molecule has 1 heteroatoms. The van der Waals surface area contributed by atoms with Gasteiger partial charge in [-0.3, -0.25) is 0 Å². The zero-order valence-electron chi connectivity index (χ0n) is 6.61. The van der Waals surface area contributed by atoms with Crippen molar-refractivity contribution in [1.29, 1.82) is 0 Å². The van der Waals surface area contributed by atoms with Crippen LogP contribution in [0, 0.1) is 0 Å². The van der Waals surface area contributed by atoms with E-state index in [9.17, 15) is 0 Å². The highest BCUT2D eigenvalue weighted by Crippen LogP contribution is 2.31. The van der Waals surface area contributed by atoms with Gasteiger partial charge in [-0.05, 0) is 33.1 Å². The highest BCUT2D eigenvalue weighted by molar-refractivity contribution is 4.81. The molecule has 0 N–H and O–H groups in total. The third-order valence-corrected chi connectivity index (χ3v) is 2.31. The predicted molar refractivity (Wildman–Crippen MR) is 38.5 cm³/mol. The molecule has 54 valence electrons. The Hall–Kier alpha value is -0.0400. The smallest absolute Gasteiger partial charge is 0.0656 e. The molecule has 1 fully saturated rings. The van der Waals surface area contributed by atoms with Crippen LogP contribution < -0.4 is 0 Å². The SMILES string of the molecule is CC[C@]1(C)CCC(C)O1. The molecular formula is C8H16O. The van der Waals surface area contributed by atoms with Crippen LogP contribution in [0.25, 0.3) is 0 Å². The summed E-state index contributed by atoms with van der Waals surface area (Å²) in [6.45, 7) is 6.55. The van der Waals surface area contributed by atoms with Gasteiger partial charge in [-0.2, -0.15) is 0 Å². The van der Waals surface area contributed by atoms with Crippen molar-refractivity contribution in [2.75, 3.05) is 0 Å². The van der Waals surface area contributed by atoms with Crippen molar-refractivity contribution >= 4 is 0 Å². The highest BCUT2D eigenvalue weighted by Gasteiger charge is 2.31. The molecule has 1 saturated heterocycles. The summed E-state index contributed by atoms with van der Waals surface area (Å²) < 4.78 is 5.70. The fourth-order valence-electron chi connectivity index (χ4n) is 1.37. The maximum Gasteiger partial charge on any atom is 0.0656 e. The normalized spacial score (nSPS) is 43.7. The molecule has 0 amide bonds. The Bertz CT molecular complexity index is 101. The molecule has 1 aliphatic rings. The quantitative estimate of drug-likeness (QED) is 0.526. The lowest BCUT2D eigenvalue weighted by Gasteiger charge is -2.21. The Balaban J connectivity index is 2.45. The Morgan fingerprint density at radius 2 is 2.33 bits per heavy atom. The third kappa shape index (κ3) is 1.45. The second-order valence-electron chi connectivity index (χ2n) is 3.27. The molecule has 9 heavy (non-hydrogen) atoms. The van der Waals surface area contributed by atoms with Gasteiger partial charge in [0.2, 0.25) is 0 Å². The third-order valence-electron chi connectivity index (χ3n) is 2.31. The Kier molecular flexibility index (Phi) is 1.80. The van der Waals surface area contributed by atoms with E-state index >= 15 is 0 Å². The standard InChI is InChI=1S/C8H16O/c1-4-8(3)6-5-7(2)9-8/h7H,4-6H2,1-3H3/t7?,8-/m1/s1. The first kappa shape index (κ1) is 7.07. The lowest BCUT2D eigenvalue weighted by Crippen LogP contribution is -2.22. The number of ether oxygens (including phenoxy) is 1. The Morgan fingerprint density at radius 3 is 2.56 bits per heavy atom. The Labute approximate surface area is 57.4 Å². The average Bonchev–Trinajstić information content (AvgIpc) is 2.13. The van der Waals surface area contributed by atoms with E-state index in [0.29, 0.717) is 6.10 Å². The molecule has 0 radical (unpaired) electrons. The van der Waals surface area contributed by atoms with E-state index in [1.807, 2.05) is 0 Å². The van der Waals surface area contributed by atoms with E-state index < -0.39 is 0 Å². The van der Waals surface area contributed by atoms with Crippen molar-refractivity contribution in [3.63, 3.8) is 0 Å². The molecule has 0 aromatic carbocycles. The van der Waals surface area contributed by atoms with Crippen LogP contribution in [0.2, 0.25) is 0 Å². The summed E-state index contributed by atoms with van der Waals surface area (Å²) in [5.41, 5.74) is 0.208. The van der Waals surface area contributed by atoms with Gasteiger partial charge in [0.05, 0.1) is 11.7 Å². The van der Waals surface area contributed by atoms with Gasteiger partial charge in [-0.15, -0.1) is 0 Å². The molecular weight excluding hydrogens is 112 g/mol. The first-order valence-corrected chi connectivity index (χ1v) is 3.84. The topological polar surface area (TPSA) is 9.23 Å². The van der Waals surface area contributed by atoms with Crippen LogP contribution in [0.5, 0.6) is 0 Å². The molecule has 0 saturated carbocycles. The van der Waals surface area contributed by atoms with Gasteiger partial charge in [0.1, 0.15) is 0 Å². The molecule has 0 aromatic heterocycles. The van der Waals surface area contributed by atoms with E-state index in [1.54, 1.807) is 0 Å². The van der Waals surface area contributed by atoms with E-state index in [0.717, 1.165) is 6.42 Å². The second-order valence-corrected chi connectivity index (χ2v) is 3.27. The van der Waals surface area contributed by atoms with Gasteiger partial charge in [0.15, 0.2) is 0 Å². The van der Waals surface area contributed by atoms with Crippen molar-refractivity contribution in [3.8, 4) is 0 Å². The lowest BCUT2D eigenvalue weighted by molar-refractivity contribution is -0.0227. The summed E-state index contributed by atoms with van der Waals surface area (Å²) in [7, 11) is 0. The molecule has 1 unspecified atom stereocenters. The summed E-state index contributed by atoms with van der Waals surface area (Å²) in [4.78, 5) is 0. The lowest BCUT2D eigenvalue weighted by atomic mass is 10.00. The second kappa shape index (κ2) is 2.30. The summed E-state index contributed by atoms with van der Waals surface area (Å²) >= 11 is 0. The molecule has 1 heterocycles. The van der Waals surface area contributed by atoms with Crippen molar-refractivity contribution in [1.82, 2.24) is 0 Å². The summed E-state index contributed by atoms with van der Waals surface area (Å²) in [6.07, 6.45) is 4.13. The van der Waals surface area contributed by atoms with E-state index in [4.69, 9.17) is 4.74 Å². The molecule has 0 spiro atoms. The van der Waals surface area contributed by atoms with Crippen LogP contribution in [0.3, 0.4) is 0 Å². The minimum absolute atomic E-state index is 0.208. The maximum absolute atomic E-state index is 5.70. The van der Waals surface area contributed by atoms with Crippen molar-refractivity contribution in [3.05, 3.63) is 0 Å². The maximum atomic E-state index is 5.70. The van der Waals surface area contributed by atoms with Crippen molar-refractivity contribution in [2.24, 2.45) is 0 Å². The van der Waals surface area contributed by atoms with E-state index in [2.05, 4.69) is 20.8 Å². The van der Waals surface area contributed by atoms with Crippen molar-refractivity contribution in [2.45, 2.75) is 51.7 Å². The molecule has 2 atom stereocenters. The molecule has 0 aliphatic carbocycles. The summed E-state index contributed by atoms with van der Waals surface area (Å²) in [6, 6.07) is 0. The average molecular weight is 128 g/mol. The minimum atomic E-state index is 0.208. The fourth-order valence-corrected chi connectivity index (χ4v) is 1.37. The molecule has 0 bridgehead atoms. The van der Waals surface area contributed by atoms with Gasteiger partial charge in [-0.25, -0.2) is 0 Å². The van der Waals surface area contributed by atoms with Crippen LogP contribution in [0.4, 0.5) is 0 Å². The minimum Gasteiger partial charge on any atom is -0.372 e. The van der Waals surface area contributed by atoms with Crippen LogP contribution in [0.1, 0.15) is 40.0 Å². The summed E-state index contributed by atoms with van der Waals surface area (Å²) in [5, 5.41) is 0. The van der Waals surface area contributed by atoms with Gasteiger partial charge >= 0.3 is 0 Å². The first-order valence-electron chi connectivity index (χ1n) is 3.84. The fraction of sp³-hybridized carbons (Fsp3) is 1.00. The first-order chi connectivity index (χ1) is 4.16. The van der Waals surface area contributed by atoms with E-state index in [1.165, 1.54) is 12.8 Å². The largest absolute Gasteiger partial charge is 0.372 e. The van der Waals surface area contributed by atoms with Crippen molar-refractivity contribution < 1.29 is 4.74 Å². The van der Waals surface area contributed by atoms with Crippen LogP contribution >= 0.6 is 0 Å². The van der Waals surface area contributed by atoms with Crippen LogP contribution in [-0.4, -0.2) is 11.7 Å². The number of rotatable bonds is 1. The molecule has 1 rings (SSSR count). The highest BCUT2D eigenvalue weighted by atomic mass is 16.5. The van der Waals surface area contributed by atoms with Crippen LogP contribution in [-0.2, 0) is 4.74 Å². The molecule has 1 nitrogen and oxygen atoms in total.